The van der Waals surface area contributed by atoms with Gasteiger partial charge in [-0.05, 0) is 36.8 Å². The van der Waals surface area contributed by atoms with Crippen LogP contribution in [0.25, 0.3) is 0 Å². The summed E-state index contributed by atoms with van der Waals surface area (Å²) < 4.78 is 0. The Bertz CT molecular complexity index is 301. The molecule has 1 atom stereocenters. The molecule has 0 fully saturated rings. The van der Waals surface area contributed by atoms with Crippen LogP contribution < -0.4 is 5.73 Å². The minimum absolute atomic E-state index is 0.312. The summed E-state index contributed by atoms with van der Waals surface area (Å²) >= 11 is 1.97. The van der Waals surface area contributed by atoms with E-state index in [9.17, 15) is 0 Å². The molecule has 72 valence electrons. The van der Waals surface area contributed by atoms with Crippen LogP contribution in [0.5, 0.6) is 0 Å². The van der Waals surface area contributed by atoms with Gasteiger partial charge in [-0.25, -0.2) is 0 Å². The maximum absolute atomic E-state index is 6.07. The van der Waals surface area contributed by atoms with Gasteiger partial charge in [0.1, 0.15) is 0 Å². The van der Waals surface area contributed by atoms with Crippen molar-refractivity contribution >= 4 is 11.3 Å². The SMILES string of the molecule is CC(C)c1cc2c(s1)CCCC2N. The Hall–Kier alpha value is -0.340. The molecule has 0 spiro atoms. The highest BCUT2D eigenvalue weighted by atomic mass is 32.1. The summed E-state index contributed by atoms with van der Waals surface area (Å²) in [5.74, 6) is 0.655. The van der Waals surface area contributed by atoms with Crippen LogP contribution in [0.1, 0.15) is 54.0 Å². The fourth-order valence-electron chi connectivity index (χ4n) is 1.90. The number of rotatable bonds is 1. The molecule has 0 aliphatic heterocycles. The number of thiophene rings is 1. The molecule has 1 aliphatic carbocycles. The predicted molar refractivity (Wildman–Crippen MR) is 58.3 cm³/mol. The summed E-state index contributed by atoms with van der Waals surface area (Å²) in [6, 6.07) is 2.64. The Morgan fingerprint density at radius 3 is 2.92 bits per heavy atom. The second kappa shape index (κ2) is 3.43. The minimum atomic E-state index is 0.312. The molecule has 2 heteroatoms. The van der Waals surface area contributed by atoms with Gasteiger partial charge in [0.25, 0.3) is 0 Å². The molecule has 0 radical (unpaired) electrons. The zero-order chi connectivity index (χ0) is 9.42. The highest BCUT2D eigenvalue weighted by Gasteiger charge is 2.20. The highest BCUT2D eigenvalue weighted by Crippen LogP contribution is 2.36. The highest BCUT2D eigenvalue weighted by molar-refractivity contribution is 7.12. The summed E-state index contributed by atoms with van der Waals surface area (Å²) in [7, 11) is 0. The third-order valence-electron chi connectivity index (χ3n) is 2.75. The van der Waals surface area contributed by atoms with Crippen LogP contribution in [-0.2, 0) is 6.42 Å². The third-order valence-corrected chi connectivity index (χ3v) is 4.26. The van der Waals surface area contributed by atoms with Crippen molar-refractivity contribution in [2.24, 2.45) is 5.73 Å². The van der Waals surface area contributed by atoms with E-state index in [-0.39, 0.29) is 0 Å². The van der Waals surface area contributed by atoms with Crippen LogP contribution >= 0.6 is 11.3 Å². The van der Waals surface area contributed by atoms with Gasteiger partial charge in [-0.2, -0.15) is 0 Å². The molecule has 2 rings (SSSR count). The number of nitrogens with two attached hydrogens (primary N) is 1. The largest absolute Gasteiger partial charge is 0.324 e. The summed E-state index contributed by atoms with van der Waals surface area (Å²) in [4.78, 5) is 3.05. The number of hydrogen-bond donors (Lipinski definition) is 1. The molecule has 0 bridgehead atoms. The topological polar surface area (TPSA) is 26.0 Å². The molecular formula is C11H17NS. The number of fused-ring (bicyclic) bond motifs is 1. The minimum Gasteiger partial charge on any atom is -0.324 e. The van der Waals surface area contributed by atoms with Gasteiger partial charge in [-0.15, -0.1) is 11.3 Å². The lowest BCUT2D eigenvalue weighted by molar-refractivity contribution is 0.577. The van der Waals surface area contributed by atoms with E-state index < -0.39 is 0 Å². The molecule has 0 aromatic carbocycles. The van der Waals surface area contributed by atoms with Crippen molar-refractivity contribution in [3.05, 3.63) is 21.4 Å². The summed E-state index contributed by atoms with van der Waals surface area (Å²) in [5.41, 5.74) is 7.50. The first-order chi connectivity index (χ1) is 6.18. The maximum atomic E-state index is 6.07. The second-order valence-electron chi connectivity index (χ2n) is 4.18. The van der Waals surface area contributed by atoms with Gasteiger partial charge in [0, 0.05) is 15.8 Å². The zero-order valence-electron chi connectivity index (χ0n) is 8.34. The van der Waals surface area contributed by atoms with Crippen molar-refractivity contribution in [1.29, 1.82) is 0 Å². The van der Waals surface area contributed by atoms with Gasteiger partial charge >= 0.3 is 0 Å². The van der Waals surface area contributed by atoms with Crippen LogP contribution in [0.4, 0.5) is 0 Å². The Balaban J connectivity index is 2.36. The summed E-state index contributed by atoms with van der Waals surface area (Å²) in [6.07, 6.45) is 3.69. The van der Waals surface area contributed by atoms with Gasteiger partial charge < -0.3 is 5.73 Å². The average molecular weight is 195 g/mol. The van der Waals surface area contributed by atoms with E-state index >= 15 is 0 Å². The van der Waals surface area contributed by atoms with Crippen molar-refractivity contribution in [3.63, 3.8) is 0 Å². The number of hydrogen-bond acceptors (Lipinski definition) is 2. The number of aryl methyl sites for hydroxylation is 1. The lowest BCUT2D eigenvalue weighted by atomic mass is 9.94. The maximum Gasteiger partial charge on any atom is 0.0306 e. The summed E-state index contributed by atoms with van der Waals surface area (Å²) in [5, 5.41) is 0. The molecule has 0 saturated heterocycles. The zero-order valence-corrected chi connectivity index (χ0v) is 9.16. The average Bonchev–Trinajstić information content (AvgIpc) is 2.49. The third kappa shape index (κ3) is 1.65. The van der Waals surface area contributed by atoms with Crippen LogP contribution in [0.15, 0.2) is 6.07 Å². The predicted octanol–water partition coefficient (Wildman–Crippen LogP) is 3.21. The van der Waals surface area contributed by atoms with Crippen molar-refractivity contribution in [2.75, 3.05) is 0 Å². The normalized spacial score (nSPS) is 22.0. The first-order valence-corrected chi connectivity index (χ1v) is 5.88. The lowest BCUT2D eigenvalue weighted by Crippen LogP contribution is -2.15. The van der Waals surface area contributed by atoms with Crippen molar-refractivity contribution in [2.45, 2.75) is 45.1 Å². The Labute approximate surface area is 84.0 Å². The molecule has 2 N–H and O–H groups in total. The Morgan fingerprint density at radius 1 is 1.54 bits per heavy atom. The first-order valence-electron chi connectivity index (χ1n) is 5.06. The fourth-order valence-corrected chi connectivity index (χ4v) is 3.18. The first kappa shape index (κ1) is 9.22. The molecule has 1 aliphatic rings. The van der Waals surface area contributed by atoms with Gasteiger partial charge in [0.15, 0.2) is 0 Å². The van der Waals surface area contributed by atoms with E-state index in [2.05, 4.69) is 19.9 Å². The molecule has 1 unspecified atom stereocenters. The molecule has 1 aromatic rings. The van der Waals surface area contributed by atoms with Crippen LogP contribution in [0.2, 0.25) is 0 Å². The second-order valence-corrected chi connectivity index (χ2v) is 5.35. The van der Waals surface area contributed by atoms with Crippen molar-refractivity contribution < 1.29 is 0 Å². The molecule has 13 heavy (non-hydrogen) atoms. The van der Waals surface area contributed by atoms with Crippen LogP contribution in [-0.4, -0.2) is 0 Å². The molecule has 1 aromatic heterocycles. The molecular weight excluding hydrogens is 178 g/mol. The van der Waals surface area contributed by atoms with Gasteiger partial charge in [-0.1, -0.05) is 13.8 Å². The smallest absolute Gasteiger partial charge is 0.0306 e. The molecule has 0 amide bonds. The van der Waals surface area contributed by atoms with Gasteiger partial charge in [0.05, 0.1) is 0 Å². The van der Waals surface area contributed by atoms with E-state index in [1.54, 1.807) is 4.88 Å². The summed E-state index contributed by atoms with van der Waals surface area (Å²) in [6.45, 7) is 4.51. The van der Waals surface area contributed by atoms with Crippen LogP contribution in [0.3, 0.4) is 0 Å². The van der Waals surface area contributed by atoms with E-state index in [0.717, 1.165) is 0 Å². The van der Waals surface area contributed by atoms with Crippen molar-refractivity contribution in [3.8, 4) is 0 Å². The monoisotopic (exact) mass is 195 g/mol. The van der Waals surface area contributed by atoms with Crippen LogP contribution in [0, 0.1) is 0 Å². The quantitative estimate of drug-likeness (QED) is 0.731. The molecule has 1 heterocycles. The fraction of sp³-hybridized carbons (Fsp3) is 0.636. The van der Waals surface area contributed by atoms with E-state index in [4.69, 9.17) is 5.73 Å². The van der Waals surface area contributed by atoms with E-state index in [0.29, 0.717) is 12.0 Å². The van der Waals surface area contributed by atoms with Gasteiger partial charge in [0.2, 0.25) is 0 Å². The van der Waals surface area contributed by atoms with E-state index in [1.807, 2.05) is 11.3 Å². The van der Waals surface area contributed by atoms with Crippen molar-refractivity contribution in [1.82, 2.24) is 0 Å². The van der Waals surface area contributed by atoms with E-state index in [1.165, 1.54) is 29.7 Å². The van der Waals surface area contributed by atoms with Gasteiger partial charge in [-0.3, -0.25) is 0 Å². The molecule has 1 nitrogen and oxygen atoms in total. The standard InChI is InChI=1S/C11H17NS/c1-7(2)11-6-8-9(12)4-3-5-10(8)13-11/h6-7,9H,3-5,12H2,1-2H3. The molecule has 0 saturated carbocycles. The Kier molecular flexibility index (Phi) is 2.43. The lowest BCUT2D eigenvalue weighted by Gasteiger charge is -2.17. The Morgan fingerprint density at radius 2 is 2.31 bits per heavy atom.